The van der Waals surface area contributed by atoms with E-state index in [0.717, 1.165) is 5.56 Å². The monoisotopic (exact) mass is 275 g/mol. The van der Waals surface area contributed by atoms with E-state index >= 15 is 0 Å². The second-order valence-corrected chi connectivity index (χ2v) is 3.87. The molecule has 9 heteroatoms. The molecular weight excluding hydrogens is 262 g/mol. The summed E-state index contributed by atoms with van der Waals surface area (Å²) >= 11 is 0. The normalized spacial score (nSPS) is 10.1. The first-order valence-corrected chi connectivity index (χ1v) is 5.63. The van der Waals surface area contributed by atoms with Gasteiger partial charge in [-0.25, -0.2) is 5.48 Å². The molecule has 0 aliphatic rings. The Morgan fingerprint density at radius 2 is 1.70 bits per heavy atom. The molecule has 0 unspecified atom stereocenters. The van der Waals surface area contributed by atoms with Crippen molar-refractivity contribution >= 4 is 23.8 Å². The maximum Gasteiger partial charge on any atom is 0.274 e. The van der Waals surface area contributed by atoms with Crippen LogP contribution >= 0.6 is 0 Å². The highest BCUT2D eigenvalue weighted by atomic mass is 16.5. The van der Waals surface area contributed by atoms with E-state index in [9.17, 15) is 4.79 Å². The number of carbonyl (C=O) groups excluding carboxylic acids is 1. The number of nitrogens with one attached hydrogen (secondary N) is 2. The van der Waals surface area contributed by atoms with Crippen molar-refractivity contribution in [3.63, 3.8) is 0 Å². The van der Waals surface area contributed by atoms with Gasteiger partial charge >= 0.3 is 0 Å². The van der Waals surface area contributed by atoms with Crippen LogP contribution in [0.25, 0.3) is 0 Å². The van der Waals surface area contributed by atoms with E-state index in [1.165, 1.54) is 0 Å². The molecule has 2 aromatic rings. The highest BCUT2D eigenvalue weighted by molar-refractivity contribution is 5.93. The number of hydrogen-bond donors (Lipinski definition) is 5. The molecule has 0 radical (unpaired) electrons. The van der Waals surface area contributed by atoms with Crippen LogP contribution in [0.15, 0.2) is 24.3 Å². The summed E-state index contributed by atoms with van der Waals surface area (Å²) in [4.78, 5) is 22.6. The molecular formula is C11H13N7O2. The van der Waals surface area contributed by atoms with E-state index in [4.69, 9.17) is 16.7 Å². The fraction of sp³-hybridized carbons (Fsp3) is 0.0909. The molecule has 20 heavy (non-hydrogen) atoms. The molecule has 0 spiro atoms. The van der Waals surface area contributed by atoms with Crippen LogP contribution in [0, 0.1) is 0 Å². The molecule has 0 saturated carbocycles. The molecule has 0 bridgehead atoms. The Morgan fingerprint density at radius 3 is 2.25 bits per heavy atom. The molecule has 0 fully saturated rings. The summed E-state index contributed by atoms with van der Waals surface area (Å²) in [5.74, 6) is -0.223. The van der Waals surface area contributed by atoms with Crippen molar-refractivity contribution in [2.45, 2.75) is 6.54 Å². The lowest BCUT2D eigenvalue weighted by Gasteiger charge is -2.06. The standard InChI is InChI=1S/C11H13N7O2/c12-9-15-10(13)17-11(16-9)14-5-6-1-3-7(4-2-6)8(19)18-20/h1-4,20H,5H2,(H,18,19)(H5,12,13,14,15,16,17). The first-order valence-electron chi connectivity index (χ1n) is 5.63. The highest BCUT2D eigenvalue weighted by Gasteiger charge is 2.04. The van der Waals surface area contributed by atoms with Crippen LogP contribution < -0.4 is 22.3 Å². The summed E-state index contributed by atoms with van der Waals surface area (Å²) in [5.41, 5.74) is 13.7. The Morgan fingerprint density at radius 1 is 1.10 bits per heavy atom. The number of amides is 1. The number of hydroxylamine groups is 1. The first-order chi connectivity index (χ1) is 9.58. The number of nitrogens with two attached hydrogens (primary N) is 2. The predicted molar refractivity (Wildman–Crippen MR) is 71.7 cm³/mol. The predicted octanol–water partition coefficient (Wildman–Crippen LogP) is -0.233. The van der Waals surface area contributed by atoms with Crippen molar-refractivity contribution in [3.05, 3.63) is 35.4 Å². The van der Waals surface area contributed by atoms with Gasteiger partial charge in [0.2, 0.25) is 17.8 Å². The van der Waals surface area contributed by atoms with Gasteiger partial charge in [0.05, 0.1) is 0 Å². The zero-order valence-corrected chi connectivity index (χ0v) is 10.4. The topological polar surface area (TPSA) is 152 Å². The first kappa shape index (κ1) is 13.5. The molecule has 0 aliphatic heterocycles. The molecule has 0 atom stereocenters. The van der Waals surface area contributed by atoms with Gasteiger partial charge < -0.3 is 16.8 Å². The van der Waals surface area contributed by atoms with Gasteiger partial charge in [0.25, 0.3) is 5.91 Å². The second kappa shape index (κ2) is 5.80. The van der Waals surface area contributed by atoms with Crippen molar-refractivity contribution < 1.29 is 10.0 Å². The van der Waals surface area contributed by atoms with E-state index in [1.54, 1.807) is 29.7 Å². The summed E-state index contributed by atoms with van der Waals surface area (Å²) in [6, 6.07) is 6.62. The molecule has 104 valence electrons. The van der Waals surface area contributed by atoms with Gasteiger partial charge in [-0.05, 0) is 17.7 Å². The van der Waals surface area contributed by atoms with E-state index in [2.05, 4.69) is 20.3 Å². The molecule has 1 aromatic heterocycles. The third-order valence-corrected chi connectivity index (χ3v) is 2.44. The van der Waals surface area contributed by atoms with Crippen LogP contribution in [0.4, 0.5) is 17.8 Å². The molecule has 1 amide bonds. The molecule has 2 rings (SSSR count). The summed E-state index contributed by atoms with van der Waals surface area (Å²) in [7, 11) is 0. The third kappa shape index (κ3) is 3.29. The van der Waals surface area contributed by atoms with Crippen molar-refractivity contribution in [3.8, 4) is 0 Å². The number of aromatic nitrogens is 3. The zero-order chi connectivity index (χ0) is 14.5. The van der Waals surface area contributed by atoms with Crippen molar-refractivity contribution in [1.82, 2.24) is 20.4 Å². The van der Waals surface area contributed by atoms with E-state index in [-0.39, 0.29) is 17.8 Å². The Balaban J connectivity index is 2.02. The second-order valence-electron chi connectivity index (χ2n) is 3.87. The number of anilines is 3. The molecule has 1 heterocycles. The van der Waals surface area contributed by atoms with E-state index < -0.39 is 5.91 Å². The minimum Gasteiger partial charge on any atom is -0.368 e. The number of nitrogens with zero attached hydrogens (tertiary/aromatic N) is 3. The molecule has 0 aliphatic carbocycles. The molecule has 7 N–H and O–H groups in total. The third-order valence-electron chi connectivity index (χ3n) is 2.44. The molecule has 9 nitrogen and oxygen atoms in total. The van der Waals surface area contributed by atoms with Crippen LogP contribution in [0.3, 0.4) is 0 Å². The fourth-order valence-corrected chi connectivity index (χ4v) is 1.51. The summed E-state index contributed by atoms with van der Waals surface area (Å²) in [6.07, 6.45) is 0. The lowest BCUT2D eigenvalue weighted by atomic mass is 10.1. The largest absolute Gasteiger partial charge is 0.368 e. The molecule has 0 saturated heterocycles. The average molecular weight is 275 g/mol. The minimum absolute atomic E-state index is 0.0370. The van der Waals surface area contributed by atoms with E-state index in [0.29, 0.717) is 12.1 Å². The molecule has 1 aromatic carbocycles. The van der Waals surface area contributed by atoms with E-state index in [1.807, 2.05) is 0 Å². The minimum atomic E-state index is -0.567. The van der Waals surface area contributed by atoms with Crippen molar-refractivity contribution in [2.24, 2.45) is 0 Å². The van der Waals surface area contributed by atoms with Gasteiger partial charge in [-0.1, -0.05) is 12.1 Å². The van der Waals surface area contributed by atoms with Gasteiger partial charge in [0, 0.05) is 12.1 Å². The van der Waals surface area contributed by atoms with Crippen LogP contribution in [0.1, 0.15) is 15.9 Å². The van der Waals surface area contributed by atoms with Gasteiger partial charge in [0.1, 0.15) is 0 Å². The lowest BCUT2D eigenvalue weighted by Crippen LogP contribution is -2.18. The van der Waals surface area contributed by atoms with Crippen molar-refractivity contribution in [1.29, 1.82) is 0 Å². The van der Waals surface area contributed by atoms with Crippen molar-refractivity contribution in [2.75, 3.05) is 16.8 Å². The van der Waals surface area contributed by atoms with Crippen LogP contribution in [-0.4, -0.2) is 26.1 Å². The van der Waals surface area contributed by atoms with Gasteiger partial charge in [-0.2, -0.15) is 15.0 Å². The number of carbonyl (C=O) groups is 1. The Bertz CT molecular complexity index is 594. The maximum atomic E-state index is 11.1. The summed E-state index contributed by atoms with van der Waals surface area (Å²) < 4.78 is 0. The lowest BCUT2D eigenvalue weighted by molar-refractivity contribution is 0.0706. The van der Waals surface area contributed by atoms with Crippen LogP contribution in [0.5, 0.6) is 0 Å². The van der Waals surface area contributed by atoms with Gasteiger partial charge in [-0.15, -0.1) is 0 Å². The smallest absolute Gasteiger partial charge is 0.274 e. The van der Waals surface area contributed by atoms with Crippen LogP contribution in [0.2, 0.25) is 0 Å². The Kier molecular flexibility index (Phi) is 3.91. The average Bonchev–Trinajstić information content (AvgIpc) is 2.44. The zero-order valence-electron chi connectivity index (χ0n) is 10.4. The van der Waals surface area contributed by atoms with Gasteiger partial charge in [-0.3, -0.25) is 10.0 Å². The number of rotatable bonds is 4. The number of benzene rings is 1. The number of hydrogen-bond acceptors (Lipinski definition) is 8. The highest BCUT2D eigenvalue weighted by Crippen LogP contribution is 2.08. The number of nitrogen functional groups attached to an aromatic ring is 2. The van der Waals surface area contributed by atoms with Gasteiger partial charge in [0.15, 0.2) is 0 Å². The summed E-state index contributed by atoms with van der Waals surface area (Å²) in [5, 5.41) is 11.4. The fourth-order valence-electron chi connectivity index (χ4n) is 1.51. The maximum absolute atomic E-state index is 11.1. The SMILES string of the molecule is Nc1nc(N)nc(NCc2ccc(C(=O)NO)cc2)n1. The summed E-state index contributed by atoms with van der Waals surface area (Å²) in [6.45, 7) is 0.421. The Hall–Kier alpha value is -2.94. The van der Waals surface area contributed by atoms with Crippen LogP contribution in [-0.2, 0) is 6.54 Å². The quantitative estimate of drug-likeness (QED) is 0.379. The Labute approximate surface area is 114 Å².